The molecule has 0 aromatic heterocycles. The van der Waals surface area contributed by atoms with Gasteiger partial charge in [-0.1, -0.05) is 6.07 Å². The quantitative estimate of drug-likeness (QED) is 0.867. The highest BCUT2D eigenvalue weighted by molar-refractivity contribution is 9.10. The zero-order chi connectivity index (χ0) is 14.1. The van der Waals surface area contributed by atoms with Gasteiger partial charge in [0.2, 0.25) is 0 Å². The fraction of sp³-hybridized carbons (Fsp3) is 0.364. The molecule has 0 saturated heterocycles. The van der Waals surface area contributed by atoms with Crippen LogP contribution in [0.5, 0.6) is 0 Å². The molecule has 7 heteroatoms. The van der Waals surface area contributed by atoms with Crippen LogP contribution >= 0.6 is 15.9 Å². The Kier molecular flexibility index (Phi) is 4.17. The van der Waals surface area contributed by atoms with E-state index in [2.05, 4.69) is 15.9 Å². The van der Waals surface area contributed by atoms with E-state index in [0.717, 1.165) is 6.07 Å². The molecule has 0 aliphatic rings. The maximum Gasteiger partial charge on any atom is 0.413 e. The van der Waals surface area contributed by atoms with Crippen molar-refractivity contribution < 1.29 is 22.4 Å². The molecule has 0 aliphatic carbocycles. The molecule has 1 unspecified atom stereocenters. The average molecular weight is 328 g/mol. The number of benzene rings is 1. The lowest BCUT2D eigenvalue weighted by molar-refractivity contribution is -0.185. The normalized spacial score (nSPS) is 15.3. The molecule has 0 spiro atoms. The SMILES string of the molecule is CC(N)(C(=O)Cc1ccc(F)c(Br)c1)C(F)(F)F. The van der Waals surface area contributed by atoms with Gasteiger partial charge >= 0.3 is 6.18 Å². The summed E-state index contributed by atoms with van der Waals surface area (Å²) in [5, 5.41) is 0. The van der Waals surface area contributed by atoms with Crippen molar-refractivity contribution in [3.63, 3.8) is 0 Å². The summed E-state index contributed by atoms with van der Waals surface area (Å²) >= 11 is 2.89. The Hall–Kier alpha value is -0.950. The monoisotopic (exact) mass is 327 g/mol. The highest BCUT2D eigenvalue weighted by Gasteiger charge is 2.53. The van der Waals surface area contributed by atoms with Crippen LogP contribution < -0.4 is 5.73 Å². The maximum absolute atomic E-state index is 12.9. The minimum Gasteiger partial charge on any atom is -0.312 e. The molecule has 100 valence electrons. The highest BCUT2D eigenvalue weighted by Crippen LogP contribution is 2.30. The Labute approximate surface area is 109 Å². The lowest BCUT2D eigenvalue weighted by Crippen LogP contribution is -2.57. The average Bonchev–Trinajstić information content (AvgIpc) is 2.21. The first-order valence-electron chi connectivity index (χ1n) is 4.88. The Morgan fingerprint density at radius 3 is 2.39 bits per heavy atom. The Balaban J connectivity index is 2.91. The molecule has 0 amide bonds. The van der Waals surface area contributed by atoms with Gasteiger partial charge in [-0.2, -0.15) is 13.2 Å². The van der Waals surface area contributed by atoms with Crippen LogP contribution in [-0.4, -0.2) is 17.5 Å². The van der Waals surface area contributed by atoms with E-state index >= 15 is 0 Å². The summed E-state index contributed by atoms with van der Waals surface area (Å²) in [6.45, 7) is 0.619. The minimum absolute atomic E-state index is 0.0820. The Morgan fingerprint density at radius 1 is 1.39 bits per heavy atom. The van der Waals surface area contributed by atoms with Gasteiger partial charge in [-0.3, -0.25) is 4.79 Å². The van der Waals surface area contributed by atoms with Crippen molar-refractivity contribution >= 4 is 21.7 Å². The summed E-state index contributed by atoms with van der Waals surface area (Å²) in [6, 6.07) is 3.55. The van der Waals surface area contributed by atoms with E-state index in [9.17, 15) is 22.4 Å². The van der Waals surface area contributed by atoms with Crippen LogP contribution in [0.1, 0.15) is 12.5 Å². The predicted octanol–water partition coefficient (Wildman–Crippen LogP) is 2.98. The van der Waals surface area contributed by atoms with Crippen molar-refractivity contribution in [1.82, 2.24) is 0 Å². The number of hydrogen-bond donors (Lipinski definition) is 1. The van der Waals surface area contributed by atoms with E-state index in [-0.39, 0.29) is 10.0 Å². The largest absolute Gasteiger partial charge is 0.413 e. The molecular formula is C11H10BrF4NO. The Morgan fingerprint density at radius 2 is 1.94 bits per heavy atom. The van der Waals surface area contributed by atoms with Gasteiger partial charge in [-0.05, 0) is 40.5 Å². The third kappa shape index (κ3) is 3.08. The fourth-order valence-electron chi connectivity index (χ4n) is 1.18. The second kappa shape index (κ2) is 4.97. The van der Waals surface area contributed by atoms with Crippen molar-refractivity contribution in [2.24, 2.45) is 5.73 Å². The van der Waals surface area contributed by atoms with Crippen molar-refractivity contribution in [1.29, 1.82) is 0 Å². The molecule has 0 heterocycles. The summed E-state index contributed by atoms with van der Waals surface area (Å²) < 4.78 is 50.5. The predicted molar refractivity (Wildman–Crippen MR) is 61.5 cm³/mol. The lowest BCUT2D eigenvalue weighted by Gasteiger charge is -2.25. The van der Waals surface area contributed by atoms with Gasteiger partial charge in [0, 0.05) is 6.42 Å². The van der Waals surface area contributed by atoms with Crippen LogP contribution in [-0.2, 0) is 11.2 Å². The first-order valence-corrected chi connectivity index (χ1v) is 5.68. The first kappa shape index (κ1) is 15.1. The molecule has 0 aliphatic heterocycles. The molecule has 1 atom stereocenters. The van der Waals surface area contributed by atoms with E-state index < -0.39 is 29.7 Å². The molecule has 0 radical (unpaired) electrons. The summed E-state index contributed by atoms with van der Waals surface area (Å²) in [4.78, 5) is 11.5. The number of halogens is 5. The zero-order valence-corrected chi connectivity index (χ0v) is 10.9. The van der Waals surface area contributed by atoms with Crippen molar-refractivity contribution in [2.75, 3.05) is 0 Å². The van der Waals surface area contributed by atoms with Gasteiger partial charge in [0.05, 0.1) is 4.47 Å². The van der Waals surface area contributed by atoms with Gasteiger partial charge in [-0.15, -0.1) is 0 Å². The van der Waals surface area contributed by atoms with Crippen LogP contribution in [0.25, 0.3) is 0 Å². The lowest BCUT2D eigenvalue weighted by atomic mass is 9.92. The first-order chi connectivity index (χ1) is 8.05. The molecule has 0 saturated carbocycles. The maximum atomic E-state index is 12.9. The molecule has 2 nitrogen and oxygen atoms in total. The van der Waals surface area contributed by atoms with Gasteiger partial charge in [0.15, 0.2) is 11.3 Å². The van der Waals surface area contributed by atoms with Crippen molar-refractivity contribution in [3.8, 4) is 0 Å². The highest BCUT2D eigenvalue weighted by atomic mass is 79.9. The van der Waals surface area contributed by atoms with E-state index in [1.165, 1.54) is 12.1 Å². The van der Waals surface area contributed by atoms with E-state index in [1.807, 2.05) is 0 Å². The van der Waals surface area contributed by atoms with Crippen LogP contribution in [0, 0.1) is 5.82 Å². The molecule has 18 heavy (non-hydrogen) atoms. The van der Waals surface area contributed by atoms with Gasteiger partial charge in [0.25, 0.3) is 0 Å². The third-order valence-corrected chi connectivity index (χ3v) is 3.12. The number of rotatable bonds is 3. The topological polar surface area (TPSA) is 43.1 Å². The van der Waals surface area contributed by atoms with Gasteiger partial charge in [0.1, 0.15) is 5.82 Å². The number of carbonyl (C=O) groups excluding carboxylic acids is 1. The Bertz CT molecular complexity index is 471. The third-order valence-electron chi connectivity index (χ3n) is 2.52. The molecular weight excluding hydrogens is 318 g/mol. The van der Waals surface area contributed by atoms with E-state index in [0.29, 0.717) is 6.92 Å². The molecule has 0 fully saturated rings. The van der Waals surface area contributed by atoms with Crippen LogP contribution in [0.2, 0.25) is 0 Å². The minimum atomic E-state index is -4.82. The molecule has 1 aromatic carbocycles. The van der Waals surface area contributed by atoms with E-state index in [4.69, 9.17) is 5.73 Å². The number of carbonyl (C=O) groups is 1. The molecule has 2 N–H and O–H groups in total. The smallest absolute Gasteiger partial charge is 0.312 e. The van der Waals surface area contributed by atoms with Crippen molar-refractivity contribution in [3.05, 3.63) is 34.1 Å². The number of ketones is 1. The molecule has 1 aromatic rings. The summed E-state index contributed by atoms with van der Waals surface area (Å²) in [7, 11) is 0. The van der Waals surface area contributed by atoms with Gasteiger partial charge < -0.3 is 5.73 Å². The summed E-state index contributed by atoms with van der Waals surface area (Å²) in [5.41, 5.74) is 2.34. The molecule has 0 bridgehead atoms. The standard InChI is InChI=1S/C11H10BrF4NO/c1-10(17,11(14,15)16)9(18)5-6-2-3-8(13)7(12)4-6/h2-4H,5,17H2,1H3. The van der Waals surface area contributed by atoms with Gasteiger partial charge in [-0.25, -0.2) is 4.39 Å². The number of Topliss-reactive ketones (excluding diaryl/α,β-unsaturated/α-hetero) is 1. The van der Waals surface area contributed by atoms with E-state index in [1.54, 1.807) is 0 Å². The van der Waals surface area contributed by atoms with Crippen LogP contribution in [0.3, 0.4) is 0 Å². The number of hydrogen-bond acceptors (Lipinski definition) is 2. The number of alkyl halides is 3. The molecule has 1 rings (SSSR count). The zero-order valence-electron chi connectivity index (χ0n) is 9.31. The summed E-state index contributed by atoms with van der Waals surface area (Å²) in [6.07, 6.45) is -5.33. The number of nitrogens with two attached hydrogens (primary N) is 1. The van der Waals surface area contributed by atoms with Crippen LogP contribution in [0.4, 0.5) is 17.6 Å². The van der Waals surface area contributed by atoms with Crippen LogP contribution in [0.15, 0.2) is 22.7 Å². The second-order valence-electron chi connectivity index (χ2n) is 4.05. The van der Waals surface area contributed by atoms with Crippen molar-refractivity contribution in [2.45, 2.75) is 25.1 Å². The fourth-order valence-corrected chi connectivity index (χ4v) is 1.60. The summed E-state index contributed by atoms with van der Waals surface area (Å²) in [5.74, 6) is -1.73. The second-order valence-corrected chi connectivity index (χ2v) is 4.90.